The van der Waals surface area contributed by atoms with Crippen LogP contribution in [-0.4, -0.2) is 27.0 Å². The predicted octanol–water partition coefficient (Wildman–Crippen LogP) is 1.41. The van der Waals surface area contributed by atoms with Gasteiger partial charge in [-0.15, -0.1) is 0 Å². The van der Waals surface area contributed by atoms with E-state index in [4.69, 9.17) is 4.84 Å². The zero-order valence-electron chi connectivity index (χ0n) is 12.4. The SMILES string of the molecule is CCCCCCNC(=O)On1c(O)c2n(c1=O)CCCC2. The molecule has 1 aliphatic heterocycles. The molecular weight excluding hydrogens is 274 g/mol. The highest BCUT2D eigenvalue weighted by molar-refractivity contribution is 5.67. The van der Waals surface area contributed by atoms with E-state index in [-0.39, 0.29) is 5.88 Å². The molecule has 0 bridgehead atoms. The van der Waals surface area contributed by atoms with Crippen LogP contribution in [0, 0.1) is 0 Å². The maximum Gasteiger partial charge on any atom is 0.432 e. The van der Waals surface area contributed by atoms with Crippen LogP contribution in [0.25, 0.3) is 0 Å². The summed E-state index contributed by atoms with van der Waals surface area (Å²) in [5.74, 6) is -0.263. The summed E-state index contributed by atoms with van der Waals surface area (Å²) in [6.45, 7) is 3.17. The van der Waals surface area contributed by atoms with Crippen LogP contribution >= 0.6 is 0 Å². The number of hydrogen-bond acceptors (Lipinski definition) is 4. The minimum absolute atomic E-state index is 0.263. The lowest BCUT2D eigenvalue weighted by Gasteiger charge is -2.11. The summed E-state index contributed by atoms with van der Waals surface area (Å²) in [4.78, 5) is 28.6. The number of amides is 1. The minimum atomic E-state index is -0.716. The molecule has 2 N–H and O–H groups in total. The Bertz CT molecular complexity index is 547. The Labute approximate surface area is 123 Å². The second-order valence-corrected chi connectivity index (χ2v) is 5.32. The molecule has 118 valence electrons. The first-order valence-corrected chi connectivity index (χ1v) is 7.64. The lowest BCUT2D eigenvalue weighted by Crippen LogP contribution is -2.38. The van der Waals surface area contributed by atoms with Gasteiger partial charge in [-0.05, 0) is 25.7 Å². The van der Waals surface area contributed by atoms with E-state index in [1.165, 1.54) is 4.57 Å². The molecule has 2 heterocycles. The molecule has 1 amide bonds. The topological polar surface area (TPSA) is 85.5 Å². The molecule has 0 aromatic carbocycles. The van der Waals surface area contributed by atoms with Crippen molar-refractivity contribution in [3.8, 4) is 5.88 Å². The molecule has 7 nitrogen and oxygen atoms in total. The fourth-order valence-electron chi connectivity index (χ4n) is 2.53. The van der Waals surface area contributed by atoms with Crippen LogP contribution in [0.1, 0.15) is 51.1 Å². The number of fused-ring (bicyclic) bond motifs is 1. The van der Waals surface area contributed by atoms with Gasteiger partial charge in [-0.2, -0.15) is 0 Å². The van der Waals surface area contributed by atoms with Gasteiger partial charge in [0.15, 0.2) is 0 Å². The Kier molecular flexibility index (Phi) is 5.30. The van der Waals surface area contributed by atoms with Crippen LogP contribution in [0.4, 0.5) is 4.79 Å². The summed E-state index contributed by atoms with van der Waals surface area (Å²) >= 11 is 0. The third-order valence-electron chi connectivity index (χ3n) is 3.70. The Hall–Kier alpha value is -1.92. The molecule has 1 aliphatic rings. The van der Waals surface area contributed by atoms with Gasteiger partial charge in [0.25, 0.3) is 5.88 Å². The van der Waals surface area contributed by atoms with Crippen LogP contribution in [0.5, 0.6) is 5.88 Å². The number of rotatable bonds is 6. The fourth-order valence-corrected chi connectivity index (χ4v) is 2.53. The van der Waals surface area contributed by atoms with Crippen LogP contribution in [0.2, 0.25) is 0 Å². The normalized spacial score (nSPS) is 13.8. The Balaban J connectivity index is 1.92. The molecule has 0 aliphatic carbocycles. The van der Waals surface area contributed by atoms with E-state index >= 15 is 0 Å². The zero-order chi connectivity index (χ0) is 15.2. The summed E-state index contributed by atoms with van der Waals surface area (Å²) in [5.41, 5.74) is 0.0466. The van der Waals surface area contributed by atoms with E-state index in [1.54, 1.807) is 0 Å². The highest BCUT2D eigenvalue weighted by atomic mass is 16.7. The standard InChI is InChI=1S/C14H23N3O4/c1-2-3-4-6-9-15-13(19)21-17-12(18)11-8-5-7-10-16(11)14(17)20/h18H,2-10H2,1H3,(H,15,19). The van der Waals surface area contributed by atoms with E-state index in [9.17, 15) is 14.7 Å². The molecule has 0 unspecified atom stereocenters. The van der Waals surface area contributed by atoms with Crippen molar-refractivity contribution >= 4 is 6.09 Å². The van der Waals surface area contributed by atoms with Gasteiger partial charge in [0, 0.05) is 13.1 Å². The Morgan fingerprint density at radius 2 is 2.14 bits per heavy atom. The molecule has 1 aromatic heterocycles. The van der Waals surface area contributed by atoms with Crippen molar-refractivity contribution < 1.29 is 14.7 Å². The maximum atomic E-state index is 12.0. The smallest absolute Gasteiger partial charge is 0.432 e. The van der Waals surface area contributed by atoms with Gasteiger partial charge < -0.3 is 15.3 Å². The molecule has 0 fully saturated rings. The summed E-state index contributed by atoms with van der Waals surface area (Å²) in [6, 6.07) is 0. The molecule has 0 atom stereocenters. The molecule has 0 saturated carbocycles. The highest BCUT2D eigenvalue weighted by Crippen LogP contribution is 2.21. The maximum absolute atomic E-state index is 12.0. The van der Waals surface area contributed by atoms with Crippen LogP contribution in [0.15, 0.2) is 4.79 Å². The van der Waals surface area contributed by atoms with Crippen molar-refractivity contribution in [1.29, 1.82) is 0 Å². The second-order valence-electron chi connectivity index (χ2n) is 5.32. The number of nitrogens with zero attached hydrogens (tertiary/aromatic N) is 2. The van der Waals surface area contributed by atoms with Gasteiger partial charge in [-0.3, -0.25) is 4.57 Å². The van der Waals surface area contributed by atoms with Gasteiger partial charge in [-0.1, -0.05) is 30.9 Å². The van der Waals surface area contributed by atoms with Gasteiger partial charge in [0.2, 0.25) is 0 Å². The number of hydrogen-bond donors (Lipinski definition) is 2. The van der Waals surface area contributed by atoms with Crippen molar-refractivity contribution in [1.82, 2.24) is 14.6 Å². The summed E-state index contributed by atoms with van der Waals surface area (Å²) in [5, 5.41) is 12.6. The van der Waals surface area contributed by atoms with Crippen LogP contribution < -0.4 is 15.8 Å². The van der Waals surface area contributed by atoms with Gasteiger partial charge in [-0.25, -0.2) is 9.59 Å². The van der Waals surface area contributed by atoms with Gasteiger partial charge in [0.1, 0.15) is 0 Å². The quantitative estimate of drug-likeness (QED) is 0.777. The number of imidazole rings is 1. The number of aromatic hydroxyl groups is 1. The van der Waals surface area contributed by atoms with Crippen molar-refractivity contribution in [2.45, 2.75) is 58.4 Å². The monoisotopic (exact) mass is 297 g/mol. The second kappa shape index (κ2) is 7.19. The molecule has 2 rings (SSSR count). The molecule has 0 spiro atoms. The minimum Gasteiger partial charge on any atom is -0.491 e. The Morgan fingerprint density at radius 1 is 1.33 bits per heavy atom. The molecule has 0 saturated heterocycles. The highest BCUT2D eigenvalue weighted by Gasteiger charge is 2.24. The fraction of sp³-hybridized carbons (Fsp3) is 0.714. The number of carbonyl (C=O) groups excluding carboxylic acids is 1. The number of nitrogens with one attached hydrogen (secondary N) is 1. The third kappa shape index (κ3) is 3.59. The summed E-state index contributed by atoms with van der Waals surface area (Å²) < 4.78 is 2.15. The molecule has 1 aromatic rings. The van der Waals surface area contributed by atoms with E-state index in [0.717, 1.165) is 38.5 Å². The first-order valence-electron chi connectivity index (χ1n) is 7.64. The van der Waals surface area contributed by atoms with Crippen molar-refractivity contribution in [3.63, 3.8) is 0 Å². The number of carbonyl (C=O) groups is 1. The van der Waals surface area contributed by atoms with E-state index < -0.39 is 11.8 Å². The third-order valence-corrected chi connectivity index (χ3v) is 3.70. The largest absolute Gasteiger partial charge is 0.491 e. The molecule has 21 heavy (non-hydrogen) atoms. The van der Waals surface area contributed by atoms with Crippen molar-refractivity contribution in [3.05, 3.63) is 16.2 Å². The summed E-state index contributed by atoms with van der Waals surface area (Å²) in [6.07, 6.45) is 5.88. The molecular formula is C14H23N3O4. The Morgan fingerprint density at radius 3 is 2.86 bits per heavy atom. The predicted molar refractivity (Wildman–Crippen MR) is 77.4 cm³/mol. The lowest BCUT2D eigenvalue weighted by molar-refractivity contribution is 0.115. The first-order chi connectivity index (χ1) is 10.1. The van der Waals surface area contributed by atoms with E-state index in [0.29, 0.717) is 29.9 Å². The summed E-state index contributed by atoms with van der Waals surface area (Å²) in [7, 11) is 0. The van der Waals surface area contributed by atoms with Gasteiger partial charge in [0.05, 0.1) is 5.69 Å². The average Bonchev–Trinajstić information content (AvgIpc) is 2.73. The number of aromatic nitrogens is 2. The van der Waals surface area contributed by atoms with Crippen LogP contribution in [-0.2, 0) is 13.0 Å². The zero-order valence-corrected chi connectivity index (χ0v) is 12.4. The van der Waals surface area contributed by atoms with Crippen LogP contribution in [0.3, 0.4) is 0 Å². The van der Waals surface area contributed by atoms with E-state index in [1.807, 2.05) is 0 Å². The van der Waals surface area contributed by atoms with E-state index in [2.05, 4.69) is 12.2 Å². The van der Waals surface area contributed by atoms with Crippen molar-refractivity contribution in [2.75, 3.05) is 6.54 Å². The lowest BCUT2D eigenvalue weighted by atomic mass is 10.1. The van der Waals surface area contributed by atoms with Gasteiger partial charge >= 0.3 is 11.8 Å². The molecule has 0 radical (unpaired) electrons. The van der Waals surface area contributed by atoms with Crippen molar-refractivity contribution in [2.24, 2.45) is 0 Å². The first kappa shape index (κ1) is 15.5. The number of unbranched alkanes of at least 4 members (excludes halogenated alkanes) is 3. The average molecular weight is 297 g/mol. The molecule has 7 heteroatoms.